The molecule has 1 heterocycles. The van der Waals surface area contributed by atoms with Crippen molar-refractivity contribution in [3.05, 3.63) is 29.8 Å². The number of hydrogen-bond acceptors (Lipinski definition) is 5. The fraction of sp³-hybridized carbons (Fsp3) is 0.562. The molecule has 0 N–H and O–H groups in total. The molecule has 0 aromatic heterocycles. The molecule has 0 aliphatic carbocycles. The Morgan fingerprint density at radius 1 is 1.43 bits per heavy atom. The van der Waals surface area contributed by atoms with E-state index in [9.17, 15) is 4.79 Å². The number of morpholine rings is 1. The SMILES string of the molecule is COC(=O)CC1CN(CCOc2ccccc2C)CCO1. The largest absolute Gasteiger partial charge is 0.492 e. The molecule has 1 aromatic carbocycles. The molecular weight excluding hydrogens is 270 g/mol. The Labute approximate surface area is 125 Å². The van der Waals surface area contributed by atoms with Gasteiger partial charge in [0.2, 0.25) is 0 Å². The van der Waals surface area contributed by atoms with Gasteiger partial charge in [0.15, 0.2) is 0 Å². The molecule has 0 saturated carbocycles. The lowest BCUT2D eigenvalue weighted by atomic mass is 10.2. The molecule has 0 spiro atoms. The number of rotatable bonds is 6. The lowest BCUT2D eigenvalue weighted by Crippen LogP contribution is -2.44. The first-order chi connectivity index (χ1) is 10.2. The molecule has 0 bridgehead atoms. The molecule has 1 aliphatic heterocycles. The van der Waals surface area contributed by atoms with E-state index in [1.54, 1.807) is 0 Å². The van der Waals surface area contributed by atoms with E-state index < -0.39 is 0 Å². The summed E-state index contributed by atoms with van der Waals surface area (Å²) in [5.41, 5.74) is 1.14. The van der Waals surface area contributed by atoms with E-state index in [4.69, 9.17) is 9.47 Å². The maximum Gasteiger partial charge on any atom is 0.308 e. The second-order valence-corrected chi connectivity index (χ2v) is 5.19. The second kappa shape index (κ2) is 8.00. The van der Waals surface area contributed by atoms with E-state index in [1.807, 2.05) is 31.2 Å². The number of para-hydroxylation sites is 1. The Bertz CT molecular complexity index is 463. The molecular formula is C16H23NO4. The summed E-state index contributed by atoms with van der Waals surface area (Å²) in [4.78, 5) is 13.5. The predicted molar refractivity (Wildman–Crippen MR) is 79.5 cm³/mol. The first-order valence-corrected chi connectivity index (χ1v) is 7.28. The molecule has 5 nitrogen and oxygen atoms in total. The van der Waals surface area contributed by atoms with Gasteiger partial charge in [-0.05, 0) is 18.6 Å². The lowest BCUT2D eigenvalue weighted by molar-refractivity contribution is -0.145. The van der Waals surface area contributed by atoms with Crippen LogP contribution in [0.1, 0.15) is 12.0 Å². The summed E-state index contributed by atoms with van der Waals surface area (Å²) in [6, 6.07) is 8.00. The highest BCUT2D eigenvalue weighted by Crippen LogP contribution is 2.16. The third-order valence-electron chi connectivity index (χ3n) is 3.60. The zero-order chi connectivity index (χ0) is 15.1. The van der Waals surface area contributed by atoms with Crippen molar-refractivity contribution in [2.24, 2.45) is 0 Å². The van der Waals surface area contributed by atoms with Crippen molar-refractivity contribution in [1.82, 2.24) is 4.90 Å². The van der Waals surface area contributed by atoms with Gasteiger partial charge >= 0.3 is 5.97 Å². The molecule has 0 amide bonds. The predicted octanol–water partition coefficient (Wildman–Crippen LogP) is 1.64. The van der Waals surface area contributed by atoms with Crippen molar-refractivity contribution in [1.29, 1.82) is 0 Å². The highest BCUT2D eigenvalue weighted by molar-refractivity contribution is 5.69. The van der Waals surface area contributed by atoms with Crippen LogP contribution in [-0.2, 0) is 14.3 Å². The quantitative estimate of drug-likeness (QED) is 0.746. The summed E-state index contributed by atoms with van der Waals surface area (Å²) < 4.78 is 16.1. The monoisotopic (exact) mass is 293 g/mol. The minimum absolute atomic E-state index is 0.0790. The Morgan fingerprint density at radius 3 is 3.00 bits per heavy atom. The first kappa shape index (κ1) is 15.8. The highest BCUT2D eigenvalue weighted by atomic mass is 16.5. The maximum absolute atomic E-state index is 11.3. The van der Waals surface area contributed by atoms with Crippen molar-refractivity contribution in [3.63, 3.8) is 0 Å². The Kier molecular flexibility index (Phi) is 6.02. The van der Waals surface area contributed by atoms with E-state index >= 15 is 0 Å². The molecule has 21 heavy (non-hydrogen) atoms. The van der Waals surface area contributed by atoms with Crippen molar-refractivity contribution < 1.29 is 19.0 Å². The van der Waals surface area contributed by atoms with Crippen molar-refractivity contribution in [2.75, 3.05) is 40.0 Å². The van der Waals surface area contributed by atoms with Gasteiger partial charge < -0.3 is 14.2 Å². The average Bonchev–Trinajstić information content (AvgIpc) is 2.49. The van der Waals surface area contributed by atoms with Crippen LogP contribution in [0.3, 0.4) is 0 Å². The number of benzene rings is 1. The van der Waals surface area contributed by atoms with Crippen molar-refractivity contribution in [2.45, 2.75) is 19.4 Å². The van der Waals surface area contributed by atoms with Crippen LogP contribution in [0, 0.1) is 6.92 Å². The Balaban J connectivity index is 1.73. The standard InChI is InChI=1S/C16H23NO4/c1-13-5-3-4-6-15(13)21-10-8-17-7-9-20-14(12-17)11-16(18)19-2/h3-6,14H,7-12H2,1-2H3. The summed E-state index contributed by atoms with van der Waals surface area (Å²) in [5.74, 6) is 0.704. The van der Waals surface area contributed by atoms with E-state index in [0.717, 1.165) is 30.9 Å². The Hall–Kier alpha value is -1.59. The molecule has 1 unspecified atom stereocenters. The molecule has 0 radical (unpaired) electrons. The molecule has 1 saturated heterocycles. The van der Waals surface area contributed by atoms with E-state index in [0.29, 0.717) is 19.6 Å². The number of ether oxygens (including phenoxy) is 3. The second-order valence-electron chi connectivity index (χ2n) is 5.19. The smallest absolute Gasteiger partial charge is 0.308 e. The zero-order valence-corrected chi connectivity index (χ0v) is 12.7. The van der Waals surface area contributed by atoms with Crippen LogP contribution in [0.2, 0.25) is 0 Å². The average molecular weight is 293 g/mol. The van der Waals surface area contributed by atoms with Gasteiger partial charge in [0.25, 0.3) is 0 Å². The number of esters is 1. The highest BCUT2D eigenvalue weighted by Gasteiger charge is 2.23. The van der Waals surface area contributed by atoms with Gasteiger partial charge in [-0.15, -0.1) is 0 Å². The third kappa shape index (κ3) is 5.02. The minimum atomic E-state index is -0.224. The van der Waals surface area contributed by atoms with Crippen LogP contribution < -0.4 is 4.74 Å². The summed E-state index contributed by atoms with van der Waals surface area (Å²) in [7, 11) is 1.40. The fourth-order valence-corrected chi connectivity index (χ4v) is 2.38. The molecule has 116 valence electrons. The summed E-state index contributed by atoms with van der Waals surface area (Å²) in [6.07, 6.45) is 0.232. The van der Waals surface area contributed by atoms with Gasteiger partial charge in [-0.3, -0.25) is 9.69 Å². The molecule has 1 aliphatic rings. The van der Waals surface area contributed by atoms with Crippen LogP contribution in [-0.4, -0.2) is 56.9 Å². The van der Waals surface area contributed by atoms with Crippen LogP contribution in [0.15, 0.2) is 24.3 Å². The third-order valence-corrected chi connectivity index (χ3v) is 3.60. The van der Waals surface area contributed by atoms with Gasteiger partial charge in [0, 0.05) is 19.6 Å². The van der Waals surface area contributed by atoms with E-state index in [1.165, 1.54) is 7.11 Å². The summed E-state index contributed by atoms with van der Waals surface area (Å²) >= 11 is 0. The Morgan fingerprint density at radius 2 is 2.24 bits per heavy atom. The zero-order valence-electron chi connectivity index (χ0n) is 12.7. The summed E-state index contributed by atoms with van der Waals surface area (Å²) in [6.45, 7) is 5.76. The molecule has 1 aromatic rings. The number of carbonyl (C=O) groups is 1. The molecule has 1 fully saturated rings. The van der Waals surface area contributed by atoms with Crippen molar-refractivity contribution in [3.8, 4) is 5.75 Å². The van der Waals surface area contributed by atoms with Crippen LogP contribution >= 0.6 is 0 Å². The summed E-state index contributed by atoms with van der Waals surface area (Å²) in [5, 5.41) is 0. The first-order valence-electron chi connectivity index (χ1n) is 7.28. The van der Waals surface area contributed by atoms with Crippen molar-refractivity contribution >= 4 is 5.97 Å². The van der Waals surface area contributed by atoms with Gasteiger partial charge in [-0.25, -0.2) is 0 Å². The number of aryl methyl sites for hydroxylation is 1. The van der Waals surface area contributed by atoms with Crippen LogP contribution in [0.25, 0.3) is 0 Å². The van der Waals surface area contributed by atoms with Gasteiger partial charge in [-0.2, -0.15) is 0 Å². The van der Waals surface area contributed by atoms with Gasteiger partial charge in [0.1, 0.15) is 12.4 Å². The van der Waals surface area contributed by atoms with E-state index in [-0.39, 0.29) is 12.1 Å². The number of methoxy groups -OCH3 is 1. The minimum Gasteiger partial charge on any atom is -0.492 e. The molecule has 5 heteroatoms. The van der Waals surface area contributed by atoms with Gasteiger partial charge in [-0.1, -0.05) is 18.2 Å². The van der Waals surface area contributed by atoms with Gasteiger partial charge in [0.05, 0.1) is 26.2 Å². The fourth-order valence-electron chi connectivity index (χ4n) is 2.38. The van der Waals surface area contributed by atoms with Crippen LogP contribution in [0.5, 0.6) is 5.75 Å². The number of hydrogen-bond donors (Lipinski definition) is 0. The number of carbonyl (C=O) groups excluding carboxylic acids is 1. The normalized spacial score (nSPS) is 19.2. The molecule has 2 rings (SSSR count). The van der Waals surface area contributed by atoms with E-state index in [2.05, 4.69) is 9.64 Å². The number of nitrogens with zero attached hydrogens (tertiary/aromatic N) is 1. The van der Waals surface area contributed by atoms with Crippen LogP contribution in [0.4, 0.5) is 0 Å². The molecule has 1 atom stereocenters. The lowest BCUT2D eigenvalue weighted by Gasteiger charge is -2.32. The topological polar surface area (TPSA) is 48.0 Å². The maximum atomic E-state index is 11.3.